The molecule has 0 spiro atoms. The highest BCUT2D eigenvalue weighted by molar-refractivity contribution is 7.98. The molecule has 7 nitrogen and oxygen atoms in total. The molecule has 2 aromatic carbocycles. The molecule has 0 aliphatic rings. The number of amides is 1. The summed E-state index contributed by atoms with van der Waals surface area (Å²) in [4.78, 5) is 17.7. The van der Waals surface area contributed by atoms with Crippen LogP contribution in [0.2, 0.25) is 0 Å². The molecule has 0 aliphatic carbocycles. The van der Waals surface area contributed by atoms with E-state index in [2.05, 4.69) is 15.4 Å². The topological polar surface area (TPSA) is 106 Å². The number of aliphatic hydroxyl groups excluding tert-OH is 1. The van der Waals surface area contributed by atoms with E-state index in [1.54, 1.807) is 35.3 Å². The number of hydrogen-bond donors (Lipinski definition) is 3. The zero-order valence-corrected chi connectivity index (χ0v) is 20.7. The molecule has 0 saturated heterocycles. The largest absolute Gasteiger partial charge is 0.394 e. The highest BCUT2D eigenvalue weighted by Gasteiger charge is 2.20. The number of aryl methyl sites for hydroxylation is 2. The Labute approximate surface area is 211 Å². The van der Waals surface area contributed by atoms with Crippen LogP contribution >= 0.6 is 11.8 Å². The lowest BCUT2D eigenvalue weighted by Gasteiger charge is -2.18. The number of anilines is 1. The molecule has 0 saturated carbocycles. The fourth-order valence-electron chi connectivity index (χ4n) is 3.98. The van der Waals surface area contributed by atoms with Crippen molar-refractivity contribution in [1.82, 2.24) is 20.1 Å². The maximum Gasteiger partial charge on any atom is 0.254 e. The summed E-state index contributed by atoms with van der Waals surface area (Å²) in [5.74, 6) is -1.78. The minimum atomic E-state index is -0.905. The summed E-state index contributed by atoms with van der Waals surface area (Å²) in [5.41, 5.74) is 9.67. The number of nitrogens with one attached hydrogen (secondary N) is 1. The third kappa shape index (κ3) is 5.24. The van der Waals surface area contributed by atoms with Crippen molar-refractivity contribution in [1.29, 1.82) is 0 Å². The van der Waals surface area contributed by atoms with E-state index in [-0.39, 0.29) is 11.4 Å². The molecule has 2 aromatic heterocycles. The van der Waals surface area contributed by atoms with Crippen LogP contribution < -0.4 is 11.1 Å². The summed E-state index contributed by atoms with van der Waals surface area (Å²) in [7, 11) is 1.82. The van der Waals surface area contributed by atoms with Gasteiger partial charge in [0.25, 0.3) is 5.91 Å². The van der Waals surface area contributed by atoms with Crippen LogP contribution in [0.1, 0.15) is 27.7 Å². The summed E-state index contributed by atoms with van der Waals surface area (Å²) in [6.07, 6.45) is 5.28. The average Bonchev–Trinajstić information content (AvgIpc) is 3.19. The van der Waals surface area contributed by atoms with Gasteiger partial charge in [-0.15, -0.1) is 11.8 Å². The second-order valence-corrected chi connectivity index (χ2v) is 9.17. The molecular formula is C26H25F2N5O2S. The van der Waals surface area contributed by atoms with Gasteiger partial charge in [-0.2, -0.15) is 5.10 Å². The van der Waals surface area contributed by atoms with Gasteiger partial charge in [0.15, 0.2) is 0 Å². The van der Waals surface area contributed by atoms with Gasteiger partial charge in [0, 0.05) is 41.0 Å². The molecule has 36 heavy (non-hydrogen) atoms. The van der Waals surface area contributed by atoms with Gasteiger partial charge in [-0.05, 0) is 60.7 Å². The van der Waals surface area contributed by atoms with Gasteiger partial charge in [0.1, 0.15) is 17.5 Å². The van der Waals surface area contributed by atoms with E-state index < -0.39 is 30.2 Å². The minimum Gasteiger partial charge on any atom is -0.394 e. The number of pyridine rings is 1. The van der Waals surface area contributed by atoms with Crippen molar-refractivity contribution >= 4 is 23.5 Å². The summed E-state index contributed by atoms with van der Waals surface area (Å²) in [5, 5.41) is 16.7. The van der Waals surface area contributed by atoms with Gasteiger partial charge in [0.05, 0.1) is 23.9 Å². The third-order valence-corrected chi connectivity index (χ3v) is 6.49. The number of aromatic nitrogens is 3. The van der Waals surface area contributed by atoms with Crippen LogP contribution in [-0.4, -0.2) is 38.6 Å². The third-order valence-electron chi connectivity index (χ3n) is 5.79. The lowest BCUT2D eigenvalue weighted by atomic mass is 9.99. The van der Waals surface area contributed by atoms with E-state index in [0.717, 1.165) is 16.8 Å². The van der Waals surface area contributed by atoms with Crippen molar-refractivity contribution in [2.24, 2.45) is 7.05 Å². The first-order valence-corrected chi connectivity index (χ1v) is 12.2. The van der Waals surface area contributed by atoms with Crippen molar-refractivity contribution < 1.29 is 18.7 Å². The Hall–Kier alpha value is -3.76. The number of carbonyl (C=O) groups is 1. The smallest absolute Gasteiger partial charge is 0.254 e. The fourth-order valence-corrected chi connectivity index (χ4v) is 4.46. The maximum absolute atomic E-state index is 15.1. The van der Waals surface area contributed by atoms with Crippen molar-refractivity contribution in [2.75, 3.05) is 18.6 Å². The van der Waals surface area contributed by atoms with Gasteiger partial charge in [0.2, 0.25) is 0 Å². The summed E-state index contributed by atoms with van der Waals surface area (Å²) >= 11 is 1.33. The zero-order chi connectivity index (χ0) is 26.0. The predicted molar refractivity (Wildman–Crippen MR) is 136 cm³/mol. The van der Waals surface area contributed by atoms with E-state index >= 15 is 4.39 Å². The number of benzene rings is 2. The summed E-state index contributed by atoms with van der Waals surface area (Å²) in [6, 6.07) is 9.28. The van der Waals surface area contributed by atoms with Crippen LogP contribution in [-0.2, 0) is 7.05 Å². The molecule has 0 bridgehead atoms. The van der Waals surface area contributed by atoms with Crippen LogP contribution in [0.15, 0.2) is 59.8 Å². The van der Waals surface area contributed by atoms with Crippen LogP contribution in [0.4, 0.5) is 14.6 Å². The van der Waals surface area contributed by atoms with Crippen molar-refractivity contribution in [3.63, 3.8) is 0 Å². The zero-order valence-electron chi connectivity index (χ0n) is 19.9. The number of nitrogen functional groups attached to an aromatic ring is 1. The molecule has 4 aromatic rings. The molecule has 0 radical (unpaired) electrons. The number of nitrogens with two attached hydrogens (primary N) is 1. The molecule has 0 aliphatic heterocycles. The Morgan fingerprint density at radius 1 is 1.17 bits per heavy atom. The highest BCUT2D eigenvalue weighted by atomic mass is 32.2. The minimum absolute atomic E-state index is 0.216. The molecular weight excluding hydrogens is 484 g/mol. The average molecular weight is 510 g/mol. The van der Waals surface area contributed by atoms with Gasteiger partial charge in [-0.1, -0.05) is 6.07 Å². The molecule has 186 valence electrons. The van der Waals surface area contributed by atoms with Crippen molar-refractivity contribution in [2.45, 2.75) is 17.9 Å². The second kappa shape index (κ2) is 10.5. The number of carbonyl (C=O) groups excluding carboxylic acids is 1. The monoisotopic (exact) mass is 509 g/mol. The molecule has 2 heterocycles. The Bertz CT molecular complexity index is 1440. The molecule has 4 N–H and O–H groups in total. The van der Waals surface area contributed by atoms with Crippen molar-refractivity contribution in [3.05, 3.63) is 83.3 Å². The van der Waals surface area contributed by atoms with E-state index in [0.29, 0.717) is 21.6 Å². The van der Waals surface area contributed by atoms with E-state index in [1.807, 2.05) is 20.2 Å². The highest BCUT2D eigenvalue weighted by Crippen LogP contribution is 2.32. The van der Waals surface area contributed by atoms with Gasteiger partial charge in [-0.25, -0.2) is 13.8 Å². The van der Waals surface area contributed by atoms with Crippen LogP contribution in [0.5, 0.6) is 0 Å². The Kier molecular flexibility index (Phi) is 7.37. The maximum atomic E-state index is 15.1. The van der Waals surface area contributed by atoms with Crippen LogP contribution in [0.25, 0.3) is 22.3 Å². The summed E-state index contributed by atoms with van der Waals surface area (Å²) < 4.78 is 30.7. The standard InChI is InChI=1S/C26H25F2N5O2S/c1-14-22(12-33(2)32-14)17-8-21(25(29)30-11-17)15-4-5-20(23(28)9-15)26(35)31-24(13-34)16-6-18(27)10-19(7-16)36-3/h4-12,24,34H,13H2,1-3H3,(H2,29,30)(H,31,35)/t24-/m1/s1. The first-order valence-electron chi connectivity index (χ1n) is 11.0. The fraction of sp³-hybridized carbons (Fsp3) is 0.192. The normalized spacial score (nSPS) is 11.9. The van der Waals surface area contributed by atoms with E-state index in [9.17, 15) is 14.3 Å². The Morgan fingerprint density at radius 2 is 1.94 bits per heavy atom. The lowest BCUT2D eigenvalue weighted by molar-refractivity contribution is 0.0912. The molecule has 0 fully saturated rings. The number of thioether (sulfide) groups is 1. The predicted octanol–water partition coefficient (Wildman–Crippen LogP) is 4.50. The molecule has 4 rings (SSSR count). The number of rotatable bonds is 7. The second-order valence-electron chi connectivity index (χ2n) is 8.29. The number of aliphatic hydroxyl groups is 1. The quantitative estimate of drug-likeness (QED) is 0.317. The van der Waals surface area contributed by atoms with Crippen LogP contribution in [0, 0.1) is 18.6 Å². The Morgan fingerprint density at radius 3 is 2.58 bits per heavy atom. The number of nitrogens with zero attached hydrogens (tertiary/aromatic N) is 3. The first-order chi connectivity index (χ1) is 17.2. The number of halogens is 2. The van der Waals surface area contributed by atoms with Crippen molar-refractivity contribution in [3.8, 4) is 22.3 Å². The number of hydrogen-bond acceptors (Lipinski definition) is 6. The molecule has 0 unspecified atom stereocenters. The Balaban J connectivity index is 1.61. The van der Waals surface area contributed by atoms with Gasteiger partial charge >= 0.3 is 0 Å². The van der Waals surface area contributed by atoms with E-state index in [4.69, 9.17) is 5.73 Å². The van der Waals surface area contributed by atoms with E-state index in [1.165, 1.54) is 36.0 Å². The molecule has 10 heteroatoms. The van der Waals surface area contributed by atoms with Crippen LogP contribution in [0.3, 0.4) is 0 Å². The van der Waals surface area contributed by atoms with Gasteiger partial charge < -0.3 is 16.2 Å². The molecule has 1 amide bonds. The summed E-state index contributed by atoms with van der Waals surface area (Å²) in [6.45, 7) is 1.40. The lowest BCUT2D eigenvalue weighted by Crippen LogP contribution is -2.31. The first kappa shape index (κ1) is 25.3. The molecule has 1 atom stereocenters. The van der Waals surface area contributed by atoms with Gasteiger partial charge in [-0.3, -0.25) is 9.48 Å². The SMILES string of the molecule is CSc1cc(F)cc([C@@H](CO)NC(=O)c2ccc(-c3cc(-c4cn(C)nc4C)cnc3N)cc2F)c1.